The molecule has 0 unspecified atom stereocenters. The molecule has 2 aromatic rings. The van der Waals surface area contributed by atoms with E-state index in [-0.39, 0.29) is 24.6 Å². The van der Waals surface area contributed by atoms with Gasteiger partial charge in [0.1, 0.15) is 5.82 Å². The molecule has 0 fully saturated rings. The predicted octanol–water partition coefficient (Wildman–Crippen LogP) is 3.19. The molecule has 6 nitrogen and oxygen atoms in total. The highest BCUT2D eigenvalue weighted by Gasteiger charge is 2.29. The van der Waals surface area contributed by atoms with E-state index in [1.807, 2.05) is 0 Å². The number of aliphatic carboxylic acids is 1. The number of hydrogen-bond donors (Lipinski definition) is 2. The van der Waals surface area contributed by atoms with Crippen molar-refractivity contribution in [1.29, 1.82) is 0 Å². The van der Waals surface area contributed by atoms with Gasteiger partial charge in [0.05, 0.1) is 18.5 Å². The van der Waals surface area contributed by atoms with E-state index in [0.717, 1.165) is 23.8 Å². The quantitative estimate of drug-likeness (QED) is 0.508. The van der Waals surface area contributed by atoms with Crippen LogP contribution in [-0.2, 0) is 39.9 Å². The number of carbonyl (C=O) groups is 3. The standard InChI is InChI=1S/C23H20F4N2O4/c24-19-10-17-13-29(8-7-15(17)9-16(19)11-22(32)33)21(31)12-28-20(30)6-3-14-1-4-18(5-2-14)23(25,26)27/h1-6,9-10H,7-8,11-13H2,(H,28,30)(H,32,33)/b6-3+. The van der Waals surface area contributed by atoms with Gasteiger partial charge in [0, 0.05) is 19.2 Å². The Hall–Kier alpha value is -3.69. The van der Waals surface area contributed by atoms with Crippen molar-refractivity contribution >= 4 is 23.9 Å². The molecule has 0 atom stereocenters. The van der Waals surface area contributed by atoms with Crippen LogP contribution in [0.1, 0.15) is 27.8 Å². The van der Waals surface area contributed by atoms with Crippen molar-refractivity contribution in [3.63, 3.8) is 0 Å². The second-order valence-corrected chi connectivity index (χ2v) is 7.52. The molecule has 0 spiro atoms. The van der Waals surface area contributed by atoms with Crippen molar-refractivity contribution in [3.05, 3.63) is 76.1 Å². The summed E-state index contributed by atoms with van der Waals surface area (Å²) in [6.45, 7) is 0.169. The van der Waals surface area contributed by atoms with E-state index in [1.54, 1.807) is 0 Å². The zero-order valence-electron chi connectivity index (χ0n) is 17.3. The van der Waals surface area contributed by atoms with Gasteiger partial charge in [-0.1, -0.05) is 18.2 Å². The fourth-order valence-corrected chi connectivity index (χ4v) is 3.43. The Morgan fingerprint density at radius 1 is 1.09 bits per heavy atom. The first-order chi connectivity index (χ1) is 15.5. The lowest BCUT2D eigenvalue weighted by Crippen LogP contribution is -2.42. The fraction of sp³-hybridized carbons (Fsp3) is 0.261. The molecule has 0 bridgehead atoms. The van der Waals surface area contributed by atoms with Crippen LogP contribution in [0.5, 0.6) is 0 Å². The summed E-state index contributed by atoms with van der Waals surface area (Å²) in [6, 6.07) is 7.01. The van der Waals surface area contributed by atoms with Crippen LogP contribution in [0.3, 0.4) is 0 Å². The van der Waals surface area contributed by atoms with E-state index in [9.17, 15) is 31.9 Å². The highest BCUT2D eigenvalue weighted by atomic mass is 19.4. The van der Waals surface area contributed by atoms with Gasteiger partial charge in [-0.25, -0.2) is 4.39 Å². The molecule has 0 radical (unpaired) electrons. The Labute approximate surface area is 186 Å². The summed E-state index contributed by atoms with van der Waals surface area (Å²) in [6.07, 6.45) is -2.00. The van der Waals surface area contributed by atoms with Crippen LogP contribution in [0.2, 0.25) is 0 Å². The van der Waals surface area contributed by atoms with Crippen molar-refractivity contribution in [2.75, 3.05) is 13.1 Å². The number of alkyl halides is 3. The SMILES string of the molecule is O=C(O)Cc1cc2c(cc1F)CN(C(=O)CNC(=O)/C=C/c1ccc(C(F)(F)F)cc1)CC2. The number of hydrogen-bond acceptors (Lipinski definition) is 3. The molecule has 0 saturated carbocycles. The summed E-state index contributed by atoms with van der Waals surface area (Å²) >= 11 is 0. The number of halogens is 4. The van der Waals surface area contributed by atoms with E-state index in [2.05, 4.69) is 5.32 Å². The average molecular weight is 464 g/mol. The van der Waals surface area contributed by atoms with Gasteiger partial charge < -0.3 is 15.3 Å². The van der Waals surface area contributed by atoms with Crippen LogP contribution < -0.4 is 5.32 Å². The maximum atomic E-state index is 14.1. The number of rotatable bonds is 6. The van der Waals surface area contributed by atoms with E-state index in [4.69, 9.17) is 5.11 Å². The van der Waals surface area contributed by atoms with Gasteiger partial charge in [-0.15, -0.1) is 0 Å². The summed E-state index contributed by atoms with van der Waals surface area (Å²) in [4.78, 5) is 36.7. The van der Waals surface area contributed by atoms with Crippen LogP contribution in [0, 0.1) is 5.82 Å². The molecule has 0 saturated heterocycles. The number of nitrogens with zero attached hydrogens (tertiary/aromatic N) is 1. The first-order valence-electron chi connectivity index (χ1n) is 9.96. The molecular weight excluding hydrogens is 444 g/mol. The van der Waals surface area contributed by atoms with Crippen LogP contribution in [0.25, 0.3) is 6.08 Å². The molecule has 2 aromatic carbocycles. The summed E-state index contributed by atoms with van der Waals surface area (Å²) in [7, 11) is 0. The summed E-state index contributed by atoms with van der Waals surface area (Å²) in [5.74, 6) is -2.76. The van der Waals surface area contributed by atoms with Gasteiger partial charge in [0.15, 0.2) is 0 Å². The molecule has 1 aliphatic heterocycles. The van der Waals surface area contributed by atoms with Gasteiger partial charge in [0.25, 0.3) is 0 Å². The minimum atomic E-state index is -4.44. The van der Waals surface area contributed by atoms with Crippen molar-refractivity contribution in [3.8, 4) is 0 Å². The number of amides is 2. The molecule has 3 rings (SSSR count). The van der Waals surface area contributed by atoms with Crippen LogP contribution >= 0.6 is 0 Å². The lowest BCUT2D eigenvalue weighted by Gasteiger charge is -2.29. The normalized spacial score (nSPS) is 13.6. The highest BCUT2D eigenvalue weighted by Crippen LogP contribution is 2.29. The van der Waals surface area contributed by atoms with Crippen molar-refractivity contribution in [1.82, 2.24) is 10.2 Å². The smallest absolute Gasteiger partial charge is 0.416 e. The topological polar surface area (TPSA) is 86.7 Å². The maximum absolute atomic E-state index is 14.1. The summed E-state index contributed by atoms with van der Waals surface area (Å²) < 4.78 is 51.8. The number of nitrogens with one attached hydrogen (secondary N) is 1. The largest absolute Gasteiger partial charge is 0.481 e. The molecule has 2 amide bonds. The van der Waals surface area contributed by atoms with E-state index < -0.39 is 35.9 Å². The van der Waals surface area contributed by atoms with E-state index in [0.29, 0.717) is 24.1 Å². The number of benzene rings is 2. The van der Waals surface area contributed by atoms with Crippen molar-refractivity contribution in [2.45, 2.75) is 25.6 Å². The zero-order chi connectivity index (χ0) is 24.2. The van der Waals surface area contributed by atoms with Gasteiger partial charge in [-0.2, -0.15) is 13.2 Å². The minimum Gasteiger partial charge on any atom is -0.481 e. The highest BCUT2D eigenvalue weighted by molar-refractivity contribution is 5.94. The van der Waals surface area contributed by atoms with E-state index in [1.165, 1.54) is 35.2 Å². The molecule has 1 heterocycles. The lowest BCUT2D eigenvalue weighted by atomic mass is 9.95. The first-order valence-corrected chi connectivity index (χ1v) is 9.96. The third-order valence-electron chi connectivity index (χ3n) is 5.15. The molecule has 10 heteroatoms. The van der Waals surface area contributed by atoms with Gasteiger partial charge in [-0.05, 0) is 52.9 Å². The monoisotopic (exact) mass is 464 g/mol. The first kappa shape index (κ1) is 24.0. The molecule has 0 aromatic heterocycles. The Balaban J connectivity index is 1.53. The minimum absolute atomic E-state index is 0.0909. The number of carboxylic acid groups (broad SMARTS) is 1. The Morgan fingerprint density at radius 3 is 2.42 bits per heavy atom. The third kappa shape index (κ3) is 6.41. The fourth-order valence-electron chi connectivity index (χ4n) is 3.43. The lowest BCUT2D eigenvalue weighted by molar-refractivity contribution is -0.138. The predicted molar refractivity (Wildman–Crippen MR) is 110 cm³/mol. The second-order valence-electron chi connectivity index (χ2n) is 7.52. The number of carboxylic acids is 1. The maximum Gasteiger partial charge on any atom is 0.416 e. The molecule has 174 valence electrons. The summed E-state index contributed by atoms with van der Waals surface area (Å²) in [5, 5.41) is 11.3. The Kier molecular flexibility index (Phi) is 7.15. The van der Waals surface area contributed by atoms with E-state index >= 15 is 0 Å². The summed E-state index contributed by atoms with van der Waals surface area (Å²) in [5.41, 5.74) is 1.04. The molecule has 0 aliphatic carbocycles. The Bertz CT molecular complexity index is 1090. The van der Waals surface area contributed by atoms with Crippen molar-refractivity contribution < 1.29 is 37.1 Å². The van der Waals surface area contributed by atoms with Crippen LogP contribution in [0.15, 0.2) is 42.5 Å². The van der Waals surface area contributed by atoms with Crippen molar-refractivity contribution in [2.24, 2.45) is 0 Å². The molecule has 33 heavy (non-hydrogen) atoms. The van der Waals surface area contributed by atoms with Gasteiger partial charge in [-0.3, -0.25) is 14.4 Å². The second kappa shape index (κ2) is 9.85. The molecule has 2 N–H and O–H groups in total. The van der Waals surface area contributed by atoms with Crippen LogP contribution in [-0.4, -0.2) is 40.9 Å². The zero-order valence-corrected chi connectivity index (χ0v) is 17.3. The number of carbonyl (C=O) groups excluding carboxylic acids is 2. The Morgan fingerprint density at radius 2 is 1.79 bits per heavy atom. The number of fused-ring (bicyclic) bond motifs is 1. The van der Waals surface area contributed by atoms with Crippen LogP contribution in [0.4, 0.5) is 17.6 Å². The molecule has 1 aliphatic rings. The van der Waals surface area contributed by atoms with Gasteiger partial charge >= 0.3 is 12.1 Å². The average Bonchev–Trinajstić information content (AvgIpc) is 2.75. The molecular formula is C23H20F4N2O4. The third-order valence-corrected chi connectivity index (χ3v) is 5.15. The van der Waals surface area contributed by atoms with Gasteiger partial charge in [0.2, 0.25) is 11.8 Å².